The molecule has 3 N–H and O–H groups in total. The van der Waals surface area contributed by atoms with Crippen molar-refractivity contribution in [1.82, 2.24) is 34.1 Å². The number of nitrogens with one attached hydrogen (secondary N) is 1. The Bertz CT molecular complexity index is 2220. The number of amides is 8. The summed E-state index contributed by atoms with van der Waals surface area (Å²) in [4.78, 5) is 133. The fourth-order valence-corrected chi connectivity index (χ4v) is 6.12. The summed E-state index contributed by atoms with van der Waals surface area (Å²) in [5.41, 5.74) is 7.04. The van der Waals surface area contributed by atoms with Crippen LogP contribution in [0.15, 0.2) is 5.86 Å². The van der Waals surface area contributed by atoms with Crippen molar-refractivity contribution in [3.63, 3.8) is 0 Å². The smallest absolute Gasteiger partial charge is 0.263 e. The number of nitrogens with zero attached hydrogens (tertiary/aromatic N) is 6. The van der Waals surface area contributed by atoms with Crippen molar-refractivity contribution in [2.75, 3.05) is 99.5 Å². The molecule has 3 rings (SSSR count). The summed E-state index contributed by atoms with van der Waals surface area (Å²) in [6, 6.07) is 0. The van der Waals surface area contributed by atoms with Gasteiger partial charge in [-0.2, -0.15) is 0 Å². The standard InChI is InChI=1S/C7H8B3NO.2C7H14N2O2.C5H9NO.2C4H8O3S.C4H8O2.C3H7NO3S.C3H6O.C2H5NO.2C2H6.2CH4.B2.B/c1-5(12)11-2-6-7(3-11)10-9-4-8-6;2*1-6(10)8(3)5-9(4)7(2)11;1-5(7)6-3-2-4-6;2*1-4(5)3-8(2,6)7;1-4(5)3-6-2;1-3(5)4-8(6)7-2;1-3(2)4;1-2(3)4;2*1-2;;;1-2;/h4H,2-3H2,1H3;2*5H2,1-4H3;2-4H2,1H3;2*3H2,1-2H3;3H2,1-2H3;1-2H3,(H,4,5);1-2H3;1H3,(H2,3,4);2*1-2H3;2*1H4;;. The van der Waals surface area contributed by atoms with Gasteiger partial charge in [0, 0.05) is 133 Å². The van der Waals surface area contributed by atoms with E-state index < -0.39 is 30.9 Å². The Hall–Kier alpha value is -5.59. The number of Topliss-reactive ketones (excluding diaryl/α,β-unsaturated/α-hetero) is 4. The van der Waals surface area contributed by atoms with E-state index >= 15 is 0 Å². The second-order valence-corrected chi connectivity index (χ2v) is 22.7. The number of ketones is 4. The van der Waals surface area contributed by atoms with E-state index in [1.54, 1.807) is 42.0 Å². The summed E-state index contributed by atoms with van der Waals surface area (Å²) in [5.74, 6) is 0.440. The Balaban J connectivity index is -0.0000000646. The van der Waals surface area contributed by atoms with Crippen molar-refractivity contribution >= 4 is 146 Å². The number of carbonyl (C=O) groups excluding carboxylic acids is 12. The van der Waals surface area contributed by atoms with Gasteiger partial charge >= 0.3 is 72.9 Å². The van der Waals surface area contributed by atoms with Crippen LogP contribution in [0.1, 0.15) is 150 Å². The van der Waals surface area contributed by atoms with Gasteiger partial charge in [0.05, 0.1) is 20.4 Å². The molecule has 0 aromatic carbocycles. The molecule has 0 spiro atoms. The first kappa shape index (κ1) is 113. The minimum absolute atomic E-state index is 0. The van der Waals surface area contributed by atoms with Gasteiger partial charge in [0.15, 0.2) is 25.5 Å². The van der Waals surface area contributed by atoms with Gasteiger partial charge in [0.25, 0.3) is 11.3 Å². The Morgan fingerprint density at radius 3 is 1.00 bits per heavy atom. The first-order valence-corrected chi connectivity index (χ1v) is 31.0. The molecule has 36 heteroatoms. The van der Waals surface area contributed by atoms with Crippen LogP contribution in [0.4, 0.5) is 0 Å². The van der Waals surface area contributed by atoms with Crippen molar-refractivity contribution in [3.8, 4) is 0 Å². The summed E-state index contributed by atoms with van der Waals surface area (Å²) in [5, 5.41) is 0. The number of hydrogen-bond acceptors (Lipinski definition) is 19. The van der Waals surface area contributed by atoms with Gasteiger partial charge < -0.3 is 39.8 Å². The zero-order valence-electron chi connectivity index (χ0n) is 55.9. The van der Waals surface area contributed by atoms with Crippen LogP contribution in [-0.4, -0.2) is 265 Å². The van der Waals surface area contributed by atoms with Crippen LogP contribution in [0.25, 0.3) is 0 Å². The van der Waals surface area contributed by atoms with E-state index in [9.17, 15) is 78.6 Å². The Morgan fingerprint density at radius 2 is 0.875 bits per heavy atom. The number of carbonyl (C=O) groups is 12. The van der Waals surface area contributed by atoms with E-state index in [-0.39, 0.29) is 112 Å². The fourth-order valence-electron chi connectivity index (χ4n) is 4.32. The van der Waals surface area contributed by atoms with Gasteiger partial charge in [-0.3, -0.25) is 56.9 Å². The van der Waals surface area contributed by atoms with Crippen LogP contribution in [0.5, 0.6) is 0 Å². The Kier molecular flexibility index (Phi) is 90.8. The van der Waals surface area contributed by atoms with Crippen molar-refractivity contribution in [2.24, 2.45) is 5.73 Å². The Morgan fingerprint density at radius 1 is 0.591 bits per heavy atom. The molecular formula is C52H107B6N8O19S3. The van der Waals surface area contributed by atoms with Gasteiger partial charge in [0.1, 0.15) is 35.5 Å². The third-order valence-corrected chi connectivity index (χ3v) is 10.9. The summed E-state index contributed by atoms with van der Waals surface area (Å²) < 4.78 is 61.7. The monoisotopic (exact) mass is 1310 g/mol. The van der Waals surface area contributed by atoms with Gasteiger partial charge in [-0.15, -0.1) is 0 Å². The molecule has 0 bridgehead atoms. The predicted octanol–water partition coefficient (Wildman–Crippen LogP) is 0.681. The van der Waals surface area contributed by atoms with E-state index in [0.717, 1.165) is 38.7 Å². The maximum Gasteiger partial charge on any atom is 0.263 e. The molecule has 1 saturated heterocycles. The first-order valence-electron chi connectivity index (χ1n) is 25.8. The van der Waals surface area contributed by atoms with Crippen molar-refractivity contribution in [3.05, 3.63) is 16.8 Å². The molecule has 1 aromatic rings. The average molecular weight is 1310 g/mol. The van der Waals surface area contributed by atoms with Crippen LogP contribution < -0.4 is 10.5 Å². The third-order valence-electron chi connectivity index (χ3n) is 8.24. The Labute approximate surface area is 538 Å². The van der Waals surface area contributed by atoms with E-state index in [4.69, 9.17) is 0 Å². The van der Waals surface area contributed by atoms with Crippen LogP contribution in [0.3, 0.4) is 0 Å². The molecule has 8 amide bonds. The quantitative estimate of drug-likeness (QED) is 0.215. The molecule has 2 aliphatic heterocycles. The van der Waals surface area contributed by atoms with Gasteiger partial charge in [-0.25, -0.2) is 21.0 Å². The maximum absolute atomic E-state index is 11.0. The average Bonchev–Trinajstić information content (AvgIpc) is 3.77. The van der Waals surface area contributed by atoms with Crippen LogP contribution >= 0.6 is 0 Å². The number of rotatable bonds is 12. The molecule has 27 nitrogen and oxygen atoms in total. The molecule has 1 aromatic heterocycles. The van der Waals surface area contributed by atoms with E-state index in [0.29, 0.717) is 13.3 Å². The second kappa shape index (κ2) is 70.5. The van der Waals surface area contributed by atoms with Gasteiger partial charge in [0.2, 0.25) is 41.4 Å². The number of ether oxygens (including phenoxy) is 1. The molecule has 1 unspecified atom stereocenters. The van der Waals surface area contributed by atoms with Crippen LogP contribution in [0, 0.1) is 0 Å². The maximum atomic E-state index is 11.0. The molecule has 7 radical (unpaired) electrons. The van der Waals surface area contributed by atoms with Crippen molar-refractivity contribution in [2.45, 2.75) is 152 Å². The number of primary amides is 1. The number of fused-ring (bicyclic) bond motifs is 1. The normalized spacial score (nSPS) is 10.1. The zero-order chi connectivity index (χ0) is 70.1. The van der Waals surface area contributed by atoms with E-state index in [2.05, 4.69) is 43.8 Å². The minimum Gasteiger partial charge on any atom is -0.377 e. The van der Waals surface area contributed by atoms with Crippen molar-refractivity contribution in [1.29, 1.82) is 0 Å². The van der Waals surface area contributed by atoms with E-state index in [1.165, 1.54) is 127 Å². The fraction of sp³-hybridized carbons (Fsp3) is 0.712. The number of methoxy groups -OCH3 is 1. The number of nitrogens with two attached hydrogens (primary N) is 1. The summed E-state index contributed by atoms with van der Waals surface area (Å²) >= 11 is -1.66. The van der Waals surface area contributed by atoms with Crippen molar-refractivity contribution < 1.29 is 87.5 Å². The number of hydrogen-bond donors (Lipinski definition) is 2. The van der Waals surface area contributed by atoms with E-state index in [1.807, 2.05) is 54.9 Å². The van der Waals surface area contributed by atoms with Crippen LogP contribution in [0.2, 0.25) is 0 Å². The molecule has 88 heavy (non-hydrogen) atoms. The number of likely N-dealkylation sites (tertiary alicyclic amines) is 1. The summed E-state index contributed by atoms with van der Waals surface area (Å²) in [6.45, 7) is 37.4. The van der Waals surface area contributed by atoms with Gasteiger partial charge in [-0.05, 0) is 41.0 Å². The first-order chi connectivity index (χ1) is 38.7. The largest absolute Gasteiger partial charge is 0.377 e. The topological polar surface area (TPSA) is 366 Å². The van der Waals surface area contributed by atoms with Crippen LogP contribution in [-0.2, 0) is 110 Å². The molecule has 1 fully saturated rings. The predicted molar refractivity (Wildman–Crippen MR) is 358 cm³/mol. The minimum atomic E-state index is -3.07. The molecule has 1 atom stereocenters. The molecule has 2 aliphatic rings. The molecule has 3 heterocycles. The second-order valence-electron chi connectivity index (χ2n) is 17.4. The molecule has 0 aliphatic carbocycles. The SMILES string of the molecule is C.C.CC.CC.CC(=O)CS(C)(=O)=O.CC(=O)CS(C)(=O)=O.CC(=O)N(C)CN(C)C(C)=O.CC(=O)N(C)CN(C)C(C)=O.CC(=O)N1CCC1.CC(=O)N1Cc2bbcbc2C1.CC(C)=O.CC(N)=O.COCC(C)=O.COS(=O)NC(C)=O.[B].[B][B]. The number of sulfone groups is 2. The summed E-state index contributed by atoms with van der Waals surface area (Å²) in [6.07, 6.45) is 3.27. The summed E-state index contributed by atoms with van der Waals surface area (Å²) in [7, 11) is 11.2. The van der Waals surface area contributed by atoms with Gasteiger partial charge in [-0.1, -0.05) is 42.5 Å². The third kappa shape index (κ3) is 102. The molecule has 0 saturated carbocycles. The zero-order valence-corrected chi connectivity index (χ0v) is 58.3. The molecular weight excluding hydrogens is 1200 g/mol. The molecule has 505 valence electrons.